The van der Waals surface area contributed by atoms with Crippen molar-refractivity contribution in [2.45, 2.75) is 38.3 Å². The Kier molecular flexibility index (Phi) is 3.89. The maximum Gasteiger partial charge on any atom is 0.231 e. The number of fused-ring (bicyclic) bond motifs is 1. The molecule has 0 spiro atoms. The van der Waals surface area contributed by atoms with Crippen LogP contribution in [-0.4, -0.2) is 26.5 Å². The Hall–Kier alpha value is -1.26. The van der Waals surface area contributed by atoms with E-state index in [9.17, 15) is 0 Å². The van der Waals surface area contributed by atoms with Crippen molar-refractivity contribution in [2.75, 3.05) is 20.4 Å². The third kappa shape index (κ3) is 2.69. The molecule has 4 nitrogen and oxygen atoms in total. The van der Waals surface area contributed by atoms with Gasteiger partial charge in [-0.1, -0.05) is 12.5 Å². The van der Waals surface area contributed by atoms with Crippen molar-refractivity contribution in [1.29, 1.82) is 0 Å². The summed E-state index contributed by atoms with van der Waals surface area (Å²) in [6.07, 6.45) is 4.82. The zero-order chi connectivity index (χ0) is 13.1. The molecular formula is C15H21NO3. The molecule has 0 saturated carbocycles. The van der Waals surface area contributed by atoms with Crippen molar-refractivity contribution < 1.29 is 14.2 Å². The highest BCUT2D eigenvalue weighted by atomic mass is 16.7. The molecule has 1 aromatic carbocycles. The van der Waals surface area contributed by atoms with Gasteiger partial charge in [0.25, 0.3) is 0 Å². The van der Waals surface area contributed by atoms with Crippen molar-refractivity contribution in [2.24, 2.45) is 0 Å². The van der Waals surface area contributed by atoms with E-state index in [2.05, 4.69) is 11.4 Å². The lowest BCUT2D eigenvalue weighted by atomic mass is 9.94. The van der Waals surface area contributed by atoms with Gasteiger partial charge in [-0.2, -0.15) is 0 Å². The van der Waals surface area contributed by atoms with Crippen LogP contribution >= 0.6 is 0 Å². The topological polar surface area (TPSA) is 39.7 Å². The summed E-state index contributed by atoms with van der Waals surface area (Å²) < 4.78 is 16.4. The Bertz CT molecular complexity index is 441. The Morgan fingerprint density at radius 2 is 2.26 bits per heavy atom. The molecule has 1 fully saturated rings. The summed E-state index contributed by atoms with van der Waals surface area (Å²) in [4.78, 5) is 0. The number of hydrogen-bond acceptors (Lipinski definition) is 4. The number of ether oxygens (including phenoxy) is 3. The van der Waals surface area contributed by atoms with Gasteiger partial charge in [-0.15, -0.1) is 0 Å². The number of piperidine rings is 1. The second-order valence-corrected chi connectivity index (χ2v) is 5.22. The van der Waals surface area contributed by atoms with Gasteiger partial charge in [-0.3, -0.25) is 0 Å². The highest BCUT2D eigenvalue weighted by Crippen LogP contribution is 2.38. The van der Waals surface area contributed by atoms with Gasteiger partial charge in [0.05, 0.1) is 6.61 Å². The minimum atomic E-state index is 0.330. The van der Waals surface area contributed by atoms with Gasteiger partial charge >= 0.3 is 0 Å². The van der Waals surface area contributed by atoms with Gasteiger partial charge in [0.2, 0.25) is 6.79 Å². The van der Waals surface area contributed by atoms with E-state index in [0.29, 0.717) is 19.4 Å². The third-order valence-corrected chi connectivity index (χ3v) is 3.90. The van der Waals surface area contributed by atoms with Crippen LogP contribution in [0.3, 0.4) is 0 Å². The zero-order valence-corrected chi connectivity index (χ0v) is 11.4. The number of rotatable bonds is 4. The van der Waals surface area contributed by atoms with E-state index in [0.717, 1.165) is 24.5 Å². The molecule has 1 aromatic rings. The predicted octanol–water partition coefficient (Wildman–Crippen LogP) is 2.25. The molecule has 3 rings (SSSR count). The molecule has 0 aromatic heterocycles. The molecule has 1 saturated heterocycles. The maximum atomic E-state index is 5.65. The van der Waals surface area contributed by atoms with Crippen LogP contribution in [0.25, 0.3) is 0 Å². The predicted molar refractivity (Wildman–Crippen MR) is 72.6 cm³/mol. The number of nitrogens with one attached hydrogen (secondary N) is 1. The fraction of sp³-hybridized carbons (Fsp3) is 0.600. The summed E-state index contributed by atoms with van der Waals surface area (Å²) in [5.41, 5.74) is 2.45. The van der Waals surface area contributed by atoms with Gasteiger partial charge in [-0.25, -0.2) is 0 Å². The van der Waals surface area contributed by atoms with E-state index in [1.807, 2.05) is 6.07 Å². The Labute approximate surface area is 114 Å². The van der Waals surface area contributed by atoms with Crippen molar-refractivity contribution in [3.8, 4) is 11.5 Å². The van der Waals surface area contributed by atoms with Crippen LogP contribution in [0.4, 0.5) is 0 Å². The van der Waals surface area contributed by atoms with Crippen LogP contribution in [0.2, 0.25) is 0 Å². The maximum absolute atomic E-state index is 5.65. The summed E-state index contributed by atoms with van der Waals surface area (Å²) in [6.45, 7) is 2.08. The second kappa shape index (κ2) is 5.80. The summed E-state index contributed by atoms with van der Waals surface area (Å²) in [7, 11) is 1.73. The van der Waals surface area contributed by atoms with Crippen LogP contribution in [-0.2, 0) is 17.8 Å². The monoisotopic (exact) mass is 263 g/mol. The van der Waals surface area contributed by atoms with Crippen LogP contribution in [0.1, 0.15) is 30.4 Å². The molecule has 0 bridgehead atoms. The van der Waals surface area contributed by atoms with Crippen molar-refractivity contribution in [3.63, 3.8) is 0 Å². The normalized spacial score (nSPS) is 21.6. The number of methoxy groups -OCH3 is 1. The lowest BCUT2D eigenvalue weighted by molar-refractivity contribution is 0.171. The highest BCUT2D eigenvalue weighted by Gasteiger charge is 2.23. The van der Waals surface area contributed by atoms with Crippen LogP contribution < -0.4 is 14.8 Å². The third-order valence-electron chi connectivity index (χ3n) is 3.90. The van der Waals surface area contributed by atoms with E-state index in [1.165, 1.54) is 30.4 Å². The molecule has 0 aliphatic carbocycles. The van der Waals surface area contributed by atoms with E-state index in [1.54, 1.807) is 7.11 Å². The first-order chi connectivity index (χ1) is 9.38. The SMILES string of the molecule is COCc1ccc2c(c1CC1CCCCN1)OCO2. The fourth-order valence-corrected chi connectivity index (χ4v) is 2.93. The van der Waals surface area contributed by atoms with Crippen molar-refractivity contribution in [1.82, 2.24) is 5.32 Å². The first-order valence-electron chi connectivity index (χ1n) is 7.01. The minimum Gasteiger partial charge on any atom is -0.454 e. The van der Waals surface area contributed by atoms with E-state index in [-0.39, 0.29) is 0 Å². The zero-order valence-electron chi connectivity index (χ0n) is 11.4. The molecule has 2 aliphatic rings. The molecule has 1 unspecified atom stereocenters. The summed E-state index contributed by atoms with van der Waals surface area (Å²) in [6, 6.07) is 4.61. The smallest absolute Gasteiger partial charge is 0.231 e. The van der Waals surface area contributed by atoms with Gasteiger partial charge < -0.3 is 19.5 Å². The van der Waals surface area contributed by atoms with Crippen LogP contribution in [0, 0.1) is 0 Å². The first kappa shape index (κ1) is 12.8. The largest absolute Gasteiger partial charge is 0.454 e. The number of hydrogen-bond donors (Lipinski definition) is 1. The molecule has 1 N–H and O–H groups in total. The Balaban J connectivity index is 1.86. The molecule has 19 heavy (non-hydrogen) atoms. The van der Waals surface area contributed by atoms with Gasteiger partial charge in [0.1, 0.15) is 0 Å². The molecule has 0 amide bonds. The molecule has 4 heteroatoms. The second-order valence-electron chi connectivity index (χ2n) is 5.22. The quantitative estimate of drug-likeness (QED) is 0.904. The average Bonchev–Trinajstić information content (AvgIpc) is 2.91. The van der Waals surface area contributed by atoms with Crippen LogP contribution in [0.15, 0.2) is 12.1 Å². The van der Waals surface area contributed by atoms with Gasteiger partial charge in [0.15, 0.2) is 11.5 Å². The van der Waals surface area contributed by atoms with Crippen LogP contribution in [0.5, 0.6) is 11.5 Å². The van der Waals surface area contributed by atoms with E-state index < -0.39 is 0 Å². The van der Waals surface area contributed by atoms with Gasteiger partial charge in [0, 0.05) is 18.7 Å². The fourth-order valence-electron chi connectivity index (χ4n) is 2.93. The van der Waals surface area contributed by atoms with Gasteiger partial charge in [-0.05, 0) is 37.4 Å². The van der Waals surface area contributed by atoms with E-state index in [4.69, 9.17) is 14.2 Å². The standard InChI is InChI=1S/C15H21NO3/c1-17-9-11-5-6-14-15(19-10-18-14)13(11)8-12-4-2-3-7-16-12/h5-6,12,16H,2-4,7-10H2,1H3. The van der Waals surface area contributed by atoms with Crippen molar-refractivity contribution >= 4 is 0 Å². The van der Waals surface area contributed by atoms with E-state index >= 15 is 0 Å². The average molecular weight is 263 g/mol. The Morgan fingerprint density at radius 3 is 3.05 bits per heavy atom. The molecule has 1 atom stereocenters. The van der Waals surface area contributed by atoms with Crippen molar-refractivity contribution in [3.05, 3.63) is 23.3 Å². The molecule has 2 aliphatic heterocycles. The summed E-state index contributed by atoms with van der Waals surface area (Å²) >= 11 is 0. The first-order valence-corrected chi connectivity index (χ1v) is 7.01. The lowest BCUT2D eigenvalue weighted by Gasteiger charge is -2.25. The molecule has 104 valence electrons. The highest BCUT2D eigenvalue weighted by molar-refractivity contribution is 5.52. The Morgan fingerprint density at radius 1 is 1.32 bits per heavy atom. The minimum absolute atomic E-state index is 0.330. The summed E-state index contributed by atoms with van der Waals surface area (Å²) in [5, 5.41) is 3.59. The summed E-state index contributed by atoms with van der Waals surface area (Å²) in [5.74, 6) is 1.78. The number of benzene rings is 1. The lowest BCUT2D eigenvalue weighted by Crippen LogP contribution is -2.35. The molecule has 0 radical (unpaired) electrons. The molecule has 2 heterocycles. The molecular weight excluding hydrogens is 242 g/mol.